The van der Waals surface area contributed by atoms with E-state index in [9.17, 15) is 9.59 Å². The van der Waals surface area contributed by atoms with Crippen molar-refractivity contribution in [3.63, 3.8) is 0 Å². The third kappa shape index (κ3) is 3.37. The van der Waals surface area contributed by atoms with Crippen molar-refractivity contribution in [2.45, 2.75) is 57.4 Å². The Kier molecular flexibility index (Phi) is 4.09. The van der Waals surface area contributed by atoms with E-state index >= 15 is 0 Å². The first-order valence-corrected chi connectivity index (χ1v) is 6.86. The normalized spacial score (nSPS) is 22.2. The topological polar surface area (TPSA) is 78.4 Å². The van der Waals surface area contributed by atoms with Crippen molar-refractivity contribution < 1.29 is 14.7 Å². The summed E-state index contributed by atoms with van der Waals surface area (Å²) in [7, 11) is 0. The molecule has 0 radical (unpaired) electrons. The first-order chi connectivity index (χ1) is 8.60. The summed E-state index contributed by atoms with van der Waals surface area (Å²) in [6.45, 7) is 0.484. The summed E-state index contributed by atoms with van der Waals surface area (Å²) in [6.07, 6.45) is 7.55. The van der Waals surface area contributed by atoms with Gasteiger partial charge in [-0.25, -0.2) is 4.79 Å². The van der Waals surface area contributed by atoms with Crippen LogP contribution in [0, 0.1) is 5.41 Å². The largest absolute Gasteiger partial charge is 0.481 e. The lowest BCUT2D eigenvalue weighted by atomic mass is 9.66. The Morgan fingerprint density at radius 2 is 1.83 bits per heavy atom. The fourth-order valence-corrected chi connectivity index (χ4v) is 2.99. The molecule has 0 aromatic rings. The number of hydrogen-bond donors (Lipinski definition) is 3. The molecule has 2 rings (SSSR count). The SMILES string of the molecule is O=C(O)CC1(CNC(=O)NC2CCCC2)CCC1. The number of carbonyl (C=O) groups excluding carboxylic acids is 1. The summed E-state index contributed by atoms with van der Waals surface area (Å²) in [5.74, 6) is -0.771. The van der Waals surface area contributed by atoms with Gasteiger partial charge in [0.15, 0.2) is 0 Å². The molecular formula is C13H22N2O3. The molecule has 0 aromatic carbocycles. The second-order valence-electron chi connectivity index (χ2n) is 5.73. The van der Waals surface area contributed by atoms with Crippen LogP contribution in [0.3, 0.4) is 0 Å². The maximum atomic E-state index is 11.7. The molecule has 2 saturated carbocycles. The summed E-state index contributed by atoms with van der Waals surface area (Å²) in [6, 6.07) is 0.167. The molecule has 0 spiro atoms. The first kappa shape index (κ1) is 13.2. The highest BCUT2D eigenvalue weighted by molar-refractivity contribution is 5.74. The van der Waals surface area contributed by atoms with Gasteiger partial charge in [0.25, 0.3) is 0 Å². The van der Waals surface area contributed by atoms with Gasteiger partial charge in [-0.15, -0.1) is 0 Å². The van der Waals surface area contributed by atoms with Gasteiger partial charge in [0.05, 0.1) is 6.42 Å². The number of carboxylic acid groups (broad SMARTS) is 1. The molecule has 0 bridgehead atoms. The van der Waals surface area contributed by atoms with E-state index in [0.29, 0.717) is 12.6 Å². The number of carboxylic acids is 1. The lowest BCUT2D eigenvalue weighted by Crippen LogP contribution is -2.48. The molecule has 0 aliphatic heterocycles. The summed E-state index contributed by atoms with van der Waals surface area (Å²) in [5, 5.41) is 14.7. The van der Waals surface area contributed by atoms with E-state index in [1.807, 2.05) is 0 Å². The fraction of sp³-hybridized carbons (Fsp3) is 0.846. The smallest absolute Gasteiger partial charge is 0.315 e. The maximum absolute atomic E-state index is 11.7. The monoisotopic (exact) mass is 254 g/mol. The number of amides is 2. The summed E-state index contributed by atoms with van der Waals surface area (Å²) in [5.41, 5.74) is -0.196. The molecule has 2 aliphatic rings. The molecule has 2 fully saturated rings. The van der Waals surface area contributed by atoms with Crippen molar-refractivity contribution >= 4 is 12.0 Å². The van der Waals surface area contributed by atoms with Crippen LogP contribution in [0.25, 0.3) is 0 Å². The van der Waals surface area contributed by atoms with E-state index in [0.717, 1.165) is 32.1 Å². The Morgan fingerprint density at radius 1 is 1.17 bits per heavy atom. The predicted molar refractivity (Wildman–Crippen MR) is 67.3 cm³/mol. The van der Waals surface area contributed by atoms with Crippen LogP contribution in [0.4, 0.5) is 4.79 Å². The van der Waals surface area contributed by atoms with Crippen LogP contribution in [0.2, 0.25) is 0 Å². The van der Waals surface area contributed by atoms with Crippen LogP contribution in [0.15, 0.2) is 0 Å². The second-order valence-corrected chi connectivity index (χ2v) is 5.73. The molecule has 18 heavy (non-hydrogen) atoms. The molecular weight excluding hydrogens is 232 g/mol. The van der Waals surface area contributed by atoms with Crippen LogP contribution < -0.4 is 10.6 Å². The van der Waals surface area contributed by atoms with Crippen molar-refractivity contribution in [2.75, 3.05) is 6.54 Å². The van der Waals surface area contributed by atoms with Crippen molar-refractivity contribution in [1.29, 1.82) is 0 Å². The van der Waals surface area contributed by atoms with Gasteiger partial charge in [-0.3, -0.25) is 4.79 Å². The fourth-order valence-electron chi connectivity index (χ4n) is 2.99. The van der Waals surface area contributed by atoms with Gasteiger partial charge in [0.1, 0.15) is 0 Å². The van der Waals surface area contributed by atoms with E-state index in [-0.39, 0.29) is 17.9 Å². The van der Waals surface area contributed by atoms with E-state index in [1.165, 1.54) is 12.8 Å². The van der Waals surface area contributed by atoms with Crippen LogP contribution in [0.1, 0.15) is 51.4 Å². The van der Waals surface area contributed by atoms with Crippen molar-refractivity contribution in [2.24, 2.45) is 5.41 Å². The predicted octanol–water partition coefficient (Wildman–Crippen LogP) is 1.87. The van der Waals surface area contributed by atoms with Gasteiger partial charge in [-0.1, -0.05) is 19.3 Å². The first-order valence-electron chi connectivity index (χ1n) is 6.86. The molecule has 5 nitrogen and oxygen atoms in total. The highest BCUT2D eigenvalue weighted by atomic mass is 16.4. The molecule has 3 N–H and O–H groups in total. The third-order valence-corrected chi connectivity index (χ3v) is 4.25. The van der Waals surface area contributed by atoms with Crippen LogP contribution in [-0.2, 0) is 4.79 Å². The zero-order chi connectivity index (χ0) is 13.0. The number of rotatable bonds is 5. The van der Waals surface area contributed by atoms with Crippen LogP contribution in [0.5, 0.6) is 0 Å². The standard InChI is InChI=1S/C13H22N2O3/c16-11(17)8-13(6-3-7-13)9-14-12(18)15-10-4-1-2-5-10/h10H,1-9H2,(H,16,17)(H2,14,15,18). The zero-order valence-corrected chi connectivity index (χ0v) is 10.7. The summed E-state index contributed by atoms with van der Waals surface area (Å²) in [4.78, 5) is 22.5. The maximum Gasteiger partial charge on any atom is 0.315 e. The number of carbonyl (C=O) groups is 2. The average Bonchev–Trinajstić information content (AvgIpc) is 2.74. The van der Waals surface area contributed by atoms with Crippen molar-refractivity contribution in [3.8, 4) is 0 Å². The molecule has 102 valence electrons. The summed E-state index contributed by atoms with van der Waals surface area (Å²) < 4.78 is 0. The van der Waals surface area contributed by atoms with Crippen molar-refractivity contribution in [1.82, 2.24) is 10.6 Å². The minimum atomic E-state index is -0.771. The number of nitrogens with one attached hydrogen (secondary N) is 2. The van der Waals surface area contributed by atoms with Gasteiger partial charge in [0, 0.05) is 12.6 Å². The molecule has 2 aliphatic carbocycles. The van der Waals surface area contributed by atoms with E-state index in [1.54, 1.807) is 0 Å². The van der Waals surface area contributed by atoms with Crippen LogP contribution in [-0.4, -0.2) is 29.7 Å². The van der Waals surface area contributed by atoms with Crippen molar-refractivity contribution in [3.05, 3.63) is 0 Å². The zero-order valence-electron chi connectivity index (χ0n) is 10.7. The van der Waals surface area contributed by atoms with E-state index in [4.69, 9.17) is 5.11 Å². The Balaban J connectivity index is 1.72. The average molecular weight is 254 g/mol. The van der Waals surface area contributed by atoms with Gasteiger partial charge in [0.2, 0.25) is 0 Å². The lowest BCUT2D eigenvalue weighted by molar-refractivity contribution is -0.141. The Hall–Kier alpha value is -1.26. The number of urea groups is 1. The Bertz CT molecular complexity index is 320. The molecule has 0 heterocycles. The molecule has 2 amide bonds. The highest BCUT2D eigenvalue weighted by Gasteiger charge is 2.39. The van der Waals surface area contributed by atoms with E-state index in [2.05, 4.69) is 10.6 Å². The molecule has 0 unspecified atom stereocenters. The number of hydrogen-bond acceptors (Lipinski definition) is 2. The minimum Gasteiger partial charge on any atom is -0.481 e. The lowest BCUT2D eigenvalue weighted by Gasteiger charge is -2.40. The molecule has 5 heteroatoms. The second kappa shape index (κ2) is 5.59. The van der Waals surface area contributed by atoms with Gasteiger partial charge >= 0.3 is 12.0 Å². The Morgan fingerprint density at radius 3 is 2.33 bits per heavy atom. The molecule has 0 saturated heterocycles. The molecule has 0 aromatic heterocycles. The minimum absolute atomic E-state index is 0.140. The highest BCUT2D eigenvalue weighted by Crippen LogP contribution is 2.43. The van der Waals surface area contributed by atoms with Gasteiger partial charge in [-0.05, 0) is 31.1 Å². The van der Waals surface area contributed by atoms with E-state index < -0.39 is 5.97 Å². The Labute approximate surface area is 107 Å². The third-order valence-electron chi connectivity index (χ3n) is 4.25. The molecule has 0 atom stereocenters. The van der Waals surface area contributed by atoms with Gasteiger partial charge in [-0.2, -0.15) is 0 Å². The summed E-state index contributed by atoms with van der Waals surface area (Å²) >= 11 is 0. The quantitative estimate of drug-likeness (QED) is 0.701. The van der Waals surface area contributed by atoms with Gasteiger partial charge < -0.3 is 15.7 Å². The van der Waals surface area contributed by atoms with Crippen LogP contribution >= 0.6 is 0 Å². The number of aliphatic carboxylic acids is 1.